The predicted octanol–water partition coefficient (Wildman–Crippen LogP) is 2.37. The highest BCUT2D eigenvalue weighted by Crippen LogP contribution is 2.35. The molecule has 1 rings (SSSR count). The molecule has 0 aliphatic carbocycles. The zero-order valence-electron chi connectivity index (χ0n) is 9.04. The molecule has 4 heteroatoms. The number of hydrogen-bond acceptors (Lipinski definition) is 3. The van der Waals surface area contributed by atoms with E-state index in [0.29, 0.717) is 22.8 Å². The van der Waals surface area contributed by atoms with Crippen LogP contribution in [0.2, 0.25) is 5.02 Å². The van der Waals surface area contributed by atoms with Gasteiger partial charge in [-0.3, -0.25) is 0 Å². The van der Waals surface area contributed by atoms with Gasteiger partial charge in [-0.05, 0) is 19.9 Å². The van der Waals surface area contributed by atoms with Crippen LogP contribution in [-0.2, 0) is 6.42 Å². The molecular formula is C11H15ClO3. The zero-order chi connectivity index (χ0) is 11.6. The van der Waals surface area contributed by atoms with E-state index in [1.807, 2.05) is 0 Å². The Kier molecular flexibility index (Phi) is 3.47. The summed E-state index contributed by atoms with van der Waals surface area (Å²) in [4.78, 5) is 0. The molecule has 15 heavy (non-hydrogen) atoms. The largest absolute Gasteiger partial charge is 0.504 e. The van der Waals surface area contributed by atoms with Gasteiger partial charge in [-0.15, -0.1) is 0 Å². The molecule has 0 saturated carbocycles. The van der Waals surface area contributed by atoms with Gasteiger partial charge in [0.2, 0.25) is 0 Å². The first-order valence-corrected chi connectivity index (χ1v) is 4.99. The second-order valence-electron chi connectivity index (χ2n) is 4.10. The molecule has 0 atom stereocenters. The Labute approximate surface area is 94.3 Å². The predicted molar refractivity (Wildman–Crippen MR) is 59.7 cm³/mol. The van der Waals surface area contributed by atoms with Gasteiger partial charge in [-0.2, -0.15) is 0 Å². The quantitative estimate of drug-likeness (QED) is 0.838. The number of rotatable bonds is 3. The number of halogens is 1. The Morgan fingerprint density at radius 2 is 2.00 bits per heavy atom. The minimum absolute atomic E-state index is 0.0315. The van der Waals surface area contributed by atoms with Gasteiger partial charge in [-0.25, -0.2) is 0 Å². The van der Waals surface area contributed by atoms with Gasteiger partial charge in [0.25, 0.3) is 0 Å². The number of methoxy groups -OCH3 is 1. The lowest BCUT2D eigenvalue weighted by atomic mass is 9.98. The fraction of sp³-hybridized carbons (Fsp3) is 0.455. The average Bonchev–Trinajstić information content (AvgIpc) is 2.08. The molecule has 0 spiro atoms. The van der Waals surface area contributed by atoms with Crippen molar-refractivity contribution in [3.8, 4) is 11.5 Å². The van der Waals surface area contributed by atoms with Crippen LogP contribution in [0.3, 0.4) is 0 Å². The summed E-state index contributed by atoms with van der Waals surface area (Å²) in [7, 11) is 1.46. The van der Waals surface area contributed by atoms with Crippen molar-refractivity contribution >= 4 is 11.6 Å². The normalized spacial score (nSPS) is 11.5. The second kappa shape index (κ2) is 4.29. The van der Waals surface area contributed by atoms with E-state index < -0.39 is 5.60 Å². The van der Waals surface area contributed by atoms with Gasteiger partial charge in [0.1, 0.15) is 0 Å². The highest BCUT2D eigenvalue weighted by atomic mass is 35.5. The summed E-state index contributed by atoms with van der Waals surface area (Å²) in [5, 5.41) is 19.9. The Bertz CT molecular complexity index is 356. The van der Waals surface area contributed by atoms with Crippen LogP contribution in [-0.4, -0.2) is 22.9 Å². The molecule has 2 N–H and O–H groups in total. The Hall–Kier alpha value is -0.930. The molecule has 0 radical (unpaired) electrons. The molecule has 0 fully saturated rings. The minimum atomic E-state index is -0.896. The third-order valence-electron chi connectivity index (χ3n) is 1.96. The zero-order valence-corrected chi connectivity index (χ0v) is 9.80. The van der Waals surface area contributed by atoms with Crippen LogP contribution in [0.5, 0.6) is 11.5 Å². The first kappa shape index (κ1) is 12.1. The van der Waals surface area contributed by atoms with Crippen molar-refractivity contribution < 1.29 is 14.9 Å². The van der Waals surface area contributed by atoms with Crippen LogP contribution in [0.1, 0.15) is 19.4 Å². The molecular weight excluding hydrogens is 216 g/mol. The molecule has 0 bridgehead atoms. The van der Waals surface area contributed by atoms with Crippen LogP contribution in [0.15, 0.2) is 12.1 Å². The number of phenols is 1. The molecule has 84 valence electrons. The van der Waals surface area contributed by atoms with Crippen molar-refractivity contribution in [3.63, 3.8) is 0 Å². The SMILES string of the molecule is COc1cc(Cl)cc(CC(C)(C)O)c1O. The second-order valence-corrected chi connectivity index (χ2v) is 4.54. The van der Waals surface area contributed by atoms with E-state index in [1.54, 1.807) is 19.9 Å². The van der Waals surface area contributed by atoms with Crippen LogP contribution < -0.4 is 4.74 Å². The van der Waals surface area contributed by atoms with Crippen LogP contribution in [0, 0.1) is 0 Å². The highest BCUT2D eigenvalue weighted by molar-refractivity contribution is 6.30. The molecule has 3 nitrogen and oxygen atoms in total. The van der Waals surface area contributed by atoms with Gasteiger partial charge >= 0.3 is 0 Å². The van der Waals surface area contributed by atoms with E-state index in [4.69, 9.17) is 16.3 Å². The van der Waals surface area contributed by atoms with Crippen molar-refractivity contribution in [2.45, 2.75) is 25.9 Å². The first-order chi connectivity index (χ1) is 6.83. The van der Waals surface area contributed by atoms with Gasteiger partial charge in [-0.1, -0.05) is 11.6 Å². The number of phenolic OH excluding ortho intramolecular Hbond substituents is 1. The van der Waals surface area contributed by atoms with E-state index in [0.717, 1.165) is 0 Å². The fourth-order valence-electron chi connectivity index (χ4n) is 1.38. The third kappa shape index (κ3) is 3.29. The number of hydrogen-bond donors (Lipinski definition) is 2. The minimum Gasteiger partial charge on any atom is -0.504 e. The van der Waals surface area contributed by atoms with E-state index in [9.17, 15) is 10.2 Å². The summed E-state index contributed by atoms with van der Waals surface area (Å²) in [6.45, 7) is 3.33. The average molecular weight is 231 g/mol. The van der Waals surface area contributed by atoms with Crippen molar-refractivity contribution in [2.75, 3.05) is 7.11 Å². The van der Waals surface area contributed by atoms with Crippen molar-refractivity contribution in [1.82, 2.24) is 0 Å². The smallest absolute Gasteiger partial charge is 0.162 e. The lowest BCUT2D eigenvalue weighted by Gasteiger charge is -2.18. The maximum absolute atomic E-state index is 9.78. The molecule has 1 aromatic carbocycles. The number of aliphatic hydroxyl groups is 1. The maximum atomic E-state index is 9.78. The summed E-state index contributed by atoms with van der Waals surface area (Å²) in [6.07, 6.45) is 0.315. The summed E-state index contributed by atoms with van der Waals surface area (Å²) in [5.74, 6) is 0.353. The lowest BCUT2D eigenvalue weighted by molar-refractivity contribution is 0.0802. The monoisotopic (exact) mass is 230 g/mol. The molecule has 0 aliphatic heterocycles. The summed E-state index contributed by atoms with van der Waals surface area (Å²) in [6, 6.07) is 3.15. The molecule has 0 unspecified atom stereocenters. The fourth-order valence-corrected chi connectivity index (χ4v) is 1.62. The maximum Gasteiger partial charge on any atom is 0.162 e. The lowest BCUT2D eigenvalue weighted by Crippen LogP contribution is -2.21. The number of benzene rings is 1. The van der Waals surface area contributed by atoms with Crippen molar-refractivity contribution in [1.29, 1.82) is 0 Å². The Balaban J connectivity index is 3.12. The number of ether oxygens (including phenoxy) is 1. The standard InChI is InChI=1S/C11H15ClO3/c1-11(2,14)6-7-4-8(12)5-9(15-3)10(7)13/h4-5,13-14H,6H2,1-3H3. The van der Waals surface area contributed by atoms with Gasteiger partial charge in [0.15, 0.2) is 11.5 Å². The van der Waals surface area contributed by atoms with E-state index >= 15 is 0 Å². The topological polar surface area (TPSA) is 49.7 Å². The van der Waals surface area contributed by atoms with Crippen LogP contribution in [0.25, 0.3) is 0 Å². The summed E-state index contributed by atoms with van der Waals surface area (Å²) >= 11 is 5.86. The van der Waals surface area contributed by atoms with Crippen LogP contribution in [0.4, 0.5) is 0 Å². The summed E-state index contributed by atoms with van der Waals surface area (Å²) in [5.41, 5.74) is -0.320. The number of aromatic hydroxyl groups is 1. The Morgan fingerprint density at radius 3 is 2.47 bits per heavy atom. The van der Waals surface area contributed by atoms with E-state index in [1.165, 1.54) is 13.2 Å². The van der Waals surface area contributed by atoms with Gasteiger partial charge < -0.3 is 14.9 Å². The molecule has 0 amide bonds. The van der Waals surface area contributed by atoms with Crippen LogP contribution >= 0.6 is 11.6 Å². The van der Waals surface area contributed by atoms with Gasteiger partial charge in [0.05, 0.1) is 12.7 Å². The third-order valence-corrected chi connectivity index (χ3v) is 2.18. The molecule has 1 aromatic rings. The van der Waals surface area contributed by atoms with E-state index in [-0.39, 0.29) is 5.75 Å². The Morgan fingerprint density at radius 1 is 1.40 bits per heavy atom. The molecule has 0 aliphatic rings. The first-order valence-electron chi connectivity index (χ1n) is 4.61. The molecule has 0 aromatic heterocycles. The van der Waals surface area contributed by atoms with E-state index in [2.05, 4.69) is 0 Å². The van der Waals surface area contributed by atoms with Gasteiger partial charge in [0, 0.05) is 23.1 Å². The molecule has 0 heterocycles. The van der Waals surface area contributed by atoms with Crippen molar-refractivity contribution in [3.05, 3.63) is 22.7 Å². The molecule has 0 saturated heterocycles. The van der Waals surface area contributed by atoms with Crippen molar-refractivity contribution in [2.24, 2.45) is 0 Å². The highest BCUT2D eigenvalue weighted by Gasteiger charge is 2.18. The summed E-state index contributed by atoms with van der Waals surface area (Å²) < 4.78 is 4.96.